The number of benzene rings is 6. The number of para-hydroxylation sites is 3. The third kappa shape index (κ3) is 6.87. The molecule has 0 aliphatic rings. The zero-order valence-electron chi connectivity index (χ0n) is 33.4. The van der Waals surface area contributed by atoms with E-state index in [1.807, 2.05) is 60.7 Å². The maximum atomic E-state index is 6.81. The van der Waals surface area contributed by atoms with Crippen LogP contribution in [0.15, 0.2) is 148 Å². The third-order valence-corrected chi connectivity index (χ3v) is 10.7. The fraction of sp³-hybridized carbons (Fsp3) is 0.154. The Morgan fingerprint density at radius 2 is 1.41 bits per heavy atom. The number of imidazole rings is 1. The molecular weight excluding hydrogens is 891 g/mol. The monoisotopic (exact) mass is 934 g/mol. The molecule has 0 amide bonds. The first-order valence-corrected chi connectivity index (χ1v) is 19.6. The number of hydrogen-bond acceptors (Lipinski definition) is 4. The zero-order chi connectivity index (χ0) is 39.2. The molecule has 5 nitrogen and oxygen atoms in total. The number of aryl methyl sites for hydroxylation is 2. The van der Waals surface area contributed by atoms with E-state index in [9.17, 15) is 0 Å². The summed E-state index contributed by atoms with van der Waals surface area (Å²) in [6, 6.07) is 52.3. The van der Waals surface area contributed by atoms with E-state index in [2.05, 4.69) is 136 Å². The van der Waals surface area contributed by atoms with Gasteiger partial charge in [-0.3, -0.25) is 4.98 Å². The molecule has 0 atom stereocenters. The average Bonchev–Trinajstić information content (AvgIpc) is 3.92. The van der Waals surface area contributed by atoms with Crippen molar-refractivity contribution in [3.8, 4) is 39.7 Å². The fourth-order valence-electron chi connectivity index (χ4n) is 7.99. The van der Waals surface area contributed by atoms with Crippen LogP contribution in [0.1, 0.15) is 61.8 Å². The molecule has 10 aromatic rings. The number of rotatable bonds is 6. The van der Waals surface area contributed by atoms with E-state index in [0.717, 1.165) is 83.5 Å². The normalized spacial score (nSPS) is 11.4. The van der Waals surface area contributed by atoms with Crippen LogP contribution in [0, 0.1) is 26.0 Å². The van der Waals surface area contributed by atoms with E-state index < -0.39 is 0 Å². The van der Waals surface area contributed by atoms with E-state index in [1.54, 1.807) is 6.20 Å². The van der Waals surface area contributed by atoms with Crippen molar-refractivity contribution >= 4 is 43.9 Å². The molecule has 0 fully saturated rings. The molecule has 0 saturated carbocycles. The molecule has 0 spiro atoms. The van der Waals surface area contributed by atoms with Crippen LogP contribution in [0.3, 0.4) is 0 Å². The van der Waals surface area contributed by atoms with Gasteiger partial charge in [-0.25, -0.2) is 0 Å². The Kier molecular flexibility index (Phi) is 10.7. The van der Waals surface area contributed by atoms with Crippen molar-refractivity contribution in [2.75, 3.05) is 0 Å². The second-order valence-electron chi connectivity index (χ2n) is 15.3. The van der Waals surface area contributed by atoms with Gasteiger partial charge < -0.3 is 18.4 Å². The van der Waals surface area contributed by atoms with Crippen LogP contribution in [-0.2, 0) is 20.1 Å². The molecule has 0 aliphatic carbocycles. The minimum absolute atomic E-state index is 0. The zero-order valence-corrected chi connectivity index (χ0v) is 35.8. The quantitative estimate of drug-likeness (QED) is 0.156. The largest absolute Gasteiger partial charge is 0.501 e. The fourth-order valence-corrected chi connectivity index (χ4v) is 7.99. The SMILES string of the molecule is Cc1ccc2c(c1)oc1c(-c3nc4ccccc4n3-c3c(C(C)C)cccc3C(C)C)[c-]c3oc(-c4ccccc4)c(C)c3c12.[Ir].[c-]1ccccc1-c1ccccn1. The smallest absolute Gasteiger partial charge is 0.126 e. The Morgan fingerprint density at radius 1 is 0.690 bits per heavy atom. The summed E-state index contributed by atoms with van der Waals surface area (Å²) < 4.78 is 15.9. The van der Waals surface area contributed by atoms with Crippen LogP contribution < -0.4 is 0 Å². The van der Waals surface area contributed by atoms with Gasteiger partial charge in [0.05, 0.1) is 28.0 Å². The standard InChI is InChI=1S/C41H35N2O2.C11H8N.Ir/c1-23(2)28-15-12-16-29(24(3)4)38(28)43-33-18-11-10-17-32(33)42-41(43)31-22-35-36(26(6)39(45-35)27-13-8-7-9-14-27)37-30-20-19-25(5)21-34(30)44-40(31)37;1-2-6-10(7-3-1)11-8-4-5-9-12-11;/h7-21,23-24H,1-6H3;1-6,8-9H;/q2*-1;. The average molecular weight is 934 g/mol. The van der Waals surface area contributed by atoms with Gasteiger partial charge in [-0.1, -0.05) is 124 Å². The maximum absolute atomic E-state index is 6.81. The number of fused-ring (bicyclic) bond motifs is 6. The number of furan rings is 2. The Hall–Kier alpha value is -6.07. The molecule has 0 N–H and O–H groups in total. The van der Waals surface area contributed by atoms with Gasteiger partial charge in [0.15, 0.2) is 0 Å². The predicted octanol–water partition coefficient (Wildman–Crippen LogP) is 14.2. The van der Waals surface area contributed by atoms with Gasteiger partial charge in [0.1, 0.15) is 11.3 Å². The molecule has 58 heavy (non-hydrogen) atoms. The predicted molar refractivity (Wildman–Crippen MR) is 234 cm³/mol. The van der Waals surface area contributed by atoms with Gasteiger partial charge in [-0.15, -0.1) is 35.9 Å². The van der Waals surface area contributed by atoms with E-state index >= 15 is 0 Å². The molecule has 6 aromatic carbocycles. The van der Waals surface area contributed by atoms with Crippen LogP contribution in [0.25, 0.3) is 83.6 Å². The molecule has 10 rings (SSSR count). The molecule has 0 aliphatic heterocycles. The summed E-state index contributed by atoms with van der Waals surface area (Å²) in [5.41, 5.74) is 14.1. The van der Waals surface area contributed by atoms with E-state index in [0.29, 0.717) is 17.4 Å². The summed E-state index contributed by atoms with van der Waals surface area (Å²) in [7, 11) is 0. The van der Waals surface area contributed by atoms with Crippen LogP contribution >= 0.6 is 0 Å². The molecule has 1 radical (unpaired) electrons. The van der Waals surface area contributed by atoms with E-state index in [4.69, 9.17) is 13.8 Å². The van der Waals surface area contributed by atoms with Crippen LogP contribution in [0.4, 0.5) is 0 Å². The number of nitrogens with zero attached hydrogens (tertiary/aromatic N) is 3. The summed E-state index contributed by atoms with van der Waals surface area (Å²) in [6.45, 7) is 13.3. The summed E-state index contributed by atoms with van der Waals surface area (Å²) in [4.78, 5) is 9.54. The Morgan fingerprint density at radius 3 is 2.12 bits per heavy atom. The minimum Gasteiger partial charge on any atom is -0.501 e. The Labute approximate surface area is 352 Å². The van der Waals surface area contributed by atoms with Crippen molar-refractivity contribution in [2.24, 2.45) is 0 Å². The number of pyridine rings is 1. The third-order valence-electron chi connectivity index (χ3n) is 10.7. The van der Waals surface area contributed by atoms with Crippen molar-refractivity contribution in [3.63, 3.8) is 0 Å². The first-order valence-electron chi connectivity index (χ1n) is 19.6. The van der Waals surface area contributed by atoms with Gasteiger partial charge in [-0.05, 0) is 88.7 Å². The van der Waals surface area contributed by atoms with E-state index in [-0.39, 0.29) is 20.1 Å². The van der Waals surface area contributed by atoms with Crippen LogP contribution in [0.5, 0.6) is 0 Å². The first kappa shape index (κ1) is 38.8. The molecular formula is C52H43IrN3O2-2. The van der Waals surface area contributed by atoms with Crippen molar-refractivity contribution < 1.29 is 28.9 Å². The first-order chi connectivity index (χ1) is 27.8. The van der Waals surface area contributed by atoms with E-state index in [1.165, 1.54) is 16.8 Å². The summed E-state index contributed by atoms with van der Waals surface area (Å²) >= 11 is 0. The molecule has 6 heteroatoms. The molecule has 4 aromatic heterocycles. The van der Waals surface area contributed by atoms with Gasteiger partial charge in [-0.2, -0.15) is 0 Å². The topological polar surface area (TPSA) is 57.0 Å². The summed E-state index contributed by atoms with van der Waals surface area (Å²) in [5, 5.41) is 3.13. The molecule has 0 unspecified atom stereocenters. The van der Waals surface area contributed by atoms with Gasteiger partial charge in [0, 0.05) is 42.9 Å². The second-order valence-corrected chi connectivity index (χ2v) is 15.3. The van der Waals surface area contributed by atoms with Crippen molar-refractivity contribution in [1.29, 1.82) is 0 Å². The van der Waals surface area contributed by atoms with Crippen molar-refractivity contribution in [1.82, 2.24) is 14.5 Å². The van der Waals surface area contributed by atoms with Crippen molar-refractivity contribution in [3.05, 3.63) is 174 Å². The number of aromatic nitrogens is 3. The molecule has 0 bridgehead atoms. The molecule has 289 valence electrons. The second kappa shape index (κ2) is 16.1. The van der Waals surface area contributed by atoms with Crippen molar-refractivity contribution in [2.45, 2.75) is 53.4 Å². The maximum Gasteiger partial charge on any atom is 0.126 e. The Bertz CT molecular complexity index is 2970. The molecule has 4 heterocycles. The van der Waals surface area contributed by atoms with Gasteiger partial charge in [0.25, 0.3) is 0 Å². The van der Waals surface area contributed by atoms with Gasteiger partial charge >= 0.3 is 0 Å². The van der Waals surface area contributed by atoms with Gasteiger partial charge in [0.2, 0.25) is 0 Å². The number of hydrogen-bond donors (Lipinski definition) is 0. The van der Waals surface area contributed by atoms with Crippen LogP contribution in [0.2, 0.25) is 0 Å². The minimum atomic E-state index is 0. The molecule has 0 saturated heterocycles. The summed E-state index contributed by atoms with van der Waals surface area (Å²) in [5.74, 6) is 2.27. The van der Waals surface area contributed by atoms with Crippen LogP contribution in [-0.4, -0.2) is 14.5 Å². The Balaban J connectivity index is 0.000000309. The summed E-state index contributed by atoms with van der Waals surface area (Å²) in [6.07, 6.45) is 1.79.